The summed E-state index contributed by atoms with van der Waals surface area (Å²) in [6.45, 7) is 1.80. The number of halogens is 1. The zero-order valence-electron chi connectivity index (χ0n) is 12.8. The lowest BCUT2D eigenvalue weighted by molar-refractivity contribution is 0.0696. The molecular formula is C17H14FN3O3. The standard InChI is InChI=1S/C17H14FN3O3/c1-10-6-13(18)3-2-11(10)7-14-9-16(22)21(20-14)15-8-12(17(23)24)4-5-19-15/h2-6,8-9,20H,7H2,1H3,(H,23,24). The quantitative estimate of drug-likeness (QED) is 0.769. The summed E-state index contributed by atoms with van der Waals surface area (Å²) in [5, 5.41) is 11.9. The molecule has 0 radical (unpaired) electrons. The van der Waals surface area contributed by atoms with Crippen LogP contribution in [-0.4, -0.2) is 25.8 Å². The van der Waals surface area contributed by atoms with Gasteiger partial charge in [-0.3, -0.25) is 9.89 Å². The van der Waals surface area contributed by atoms with Gasteiger partial charge in [0.15, 0.2) is 5.82 Å². The fraction of sp³-hybridized carbons (Fsp3) is 0.118. The number of benzene rings is 1. The Bertz CT molecular complexity index is 975. The summed E-state index contributed by atoms with van der Waals surface area (Å²) in [6.07, 6.45) is 1.75. The van der Waals surface area contributed by atoms with E-state index in [-0.39, 0.29) is 22.8 Å². The van der Waals surface area contributed by atoms with Crippen molar-refractivity contribution in [3.63, 3.8) is 0 Å². The lowest BCUT2D eigenvalue weighted by Crippen LogP contribution is -2.15. The largest absolute Gasteiger partial charge is 0.478 e. The molecule has 122 valence electrons. The van der Waals surface area contributed by atoms with Crippen LogP contribution in [0.15, 0.2) is 47.4 Å². The van der Waals surface area contributed by atoms with Crippen LogP contribution < -0.4 is 5.56 Å². The molecule has 6 nitrogen and oxygen atoms in total. The van der Waals surface area contributed by atoms with E-state index in [0.29, 0.717) is 12.1 Å². The Morgan fingerprint density at radius 3 is 2.79 bits per heavy atom. The highest BCUT2D eigenvalue weighted by molar-refractivity contribution is 5.87. The van der Waals surface area contributed by atoms with Crippen molar-refractivity contribution < 1.29 is 14.3 Å². The second-order valence-electron chi connectivity index (χ2n) is 5.41. The normalized spacial score (nSPS) is 10.8. The average Bonchev–Trinajstić information content (AvgIpc) is 2.91. The number of aromatic nitrogens is 3. The molecule has 3 rings (SSSR count). The molecule has 0 bridgehead atoms. The first-order valence-corrected chi connectivity index (χ1v) is 7.20. The number of H-pyrrole nitrogens is 1. The highest BCUT2D eigenvalue weighted by Crippen LogP contribution is 2.14. The van der Waals surface area contributed by atoms with E-state index in [9.17, 15) is 14.0 Å². The predicted molar refractivity (Wildman–Crippen MR) is 85.1 cm³/mol. The molecule has 1 aromatic carbocycles. The van der Waals surface area contributed by atoms with Gasteiger partial charge in [0.05, 0.1) is 5.56 Å². The average molecular weight is 327 g/mol. The maximum absolute atomic E-state index is 13.2. The van der Waals surface area contributed by atoms with Gasteiger partial charge in [0.1, 0.15) is 5.82 Å². The highest BCUT2D eigenvalue weighted by atomic mass is 19.1. The van der Waals surface area contributed by atoms with Crippen LogP contribution >= 0.6 is 0 Å². The van der Waals surface area contributed by atoms with E-state index in [1.54, 1.807) is 13.0 Å². The molecule has 0 aliphatic carbocycles. The van der Waals surface area contributed by atoms with Crippen molar-refractivity contribution in [3.8, 4) is 5.82 Å². The van der Waals surface area contributed by atoms with Gasteiger partial charge in [-0.25, -0.2) is 18.9 Å². The molecule has 7 heteroatoms. The van der Waals surface area contributed by atoms with Crippen molar-refractivity contribution in [3.05, 3.63) is 81.2 Å². The van der Waals surface area contributed by atoms with Crippen molar-refractivity contribution in [2.75, 3.05) is 0 Å². The van der Waals surface area contributed by atoms with Crippen molar-refractivity contribution in [2.45, 2.75) is 13.3 Å². The van der Waals surface area contributed by atoms with Crippen LogP contribution in [0.2, 0.25) is 0 Å². The maximum atomic E-state index is 13.2. The first-order chi connectivity index (χ1) is 11.4. The second kappa shape index (κ2) is 6.11. The van der Waals surface area contributed by atoms with Gasteiger partial charge in [-0.05, 0) is 42.3 Å². The van der Waals surface area contributed by atoms with E-state index in [1.165, 1.54) is 41.2 Å². The number of carboxylic acids is 1. The van der Waals surface area contributed by atoms with Gasteiger partial charge in [0, 0.05) is 24.4 Å². The monoisotopic (exact) mass is 327 g/mol. The number of nitrogens with one attached hydrogen (secondary N) is 1. The molecule has 0 fully saturated rings. The van der Waals surface area contributed by atoms with E-state index >= 15 is 0 Å². The van der Waals surface area contributed by atoms with E-state index in [1.807, 2.05) is 0 Å². The number of pyridine rings is 1. The van der Waals surface area contributed by atoms with Gasteiger partial charge >= 0.3 is 5.97 Å². The fourth-order valence-corrected chi connectivity index (χ4v) is 2.44. The molecule has 0 aliphatic rings. The van der Waals surface area contributed by atoms with Gasteiger partial charge in [-0.15, -0.1) is 0 Å². The molecule has 3 aromatic rings. The summed E-state index contributed by atoms with van der Waals surface area (Å²) < 4.78 is 14.3. The first-order valence-electron chi connectivity index (χ1n) is 7.20. The van der Waals surface area contributed by atoms with E-state index in [0.717, 1.165) is 11.1 Å². The van der Waals surface area contributed by atoms with Crippen LogP contribution in [0.4, 0.5) is 4.39 Å². The van der Waals surface area contributed by atoms with E-state index in [4.69, 9.17) is 5.11 Å². The van der Waals surface area contributed by atoms with Crippen molar-refractivity contribution in [1.29, 1.82) is 0 Å². The van der Waals surface area contributed by atoms with Gasteiger partial charge in [0.2, 0.25) is 0 Å². The summed E-state index contributed by atoms with van der Waals surface area (Å²) in [4.78, 5) is 27.2. The zero-order valence-corrected chi connectivity index (χ0v) is 12.8. The summed E-state index contributed by atoms with van der Waals surface area (Å²) in [5.41, 5.74) is 1.99. The third-order valence-corrected chi connectivity index (χ3v) is 3.68. The molecule has 0 unspecified atom stereocenters. The van der Waals surface area contributed by atoms with Crippen molar-refractivity contribution in [1.82, 2.24) is 14.8 Å². The molecule has 0 spiro atoms. The third-order valence-electron chi connectivity index (χ3n) is 3.68. The van der Waals surface area contributed by atoms with Gasteiger partial charge in [0.25, 0.3) is 5.56 Å². The number of carbonyl (C=O) groups is 1. The molecule has 0 amide bonds. The van der Waals surface area contributed by atoms with Gasteiger partial charge < -0.3 is 5.11 Å². The number of aromatic amines is 1. The maximum Gasteiger partial charge on any atom is 0.335 e. The fourth-order valence-electron chi connectivity index (χ4n) is 2.44. The molecule has 24 heavy (non-hydrogen) atoms. The minimum absolute atomic E-state index is 0.0393. The molecule has 2 N–H and O–H groups in total. The summed E-state index contributed by atoms with van der Waals surface area (Å²) in [7, 11) is 0. The Kier molecular flexibility index (Phi) is 3.99. The van der Waals surface area contributed by atoms with Gasteiger partial charge in [-0.2, -0.15) is 0 Å². The van der Waals surface area contributed by atoms with Crippen LogP contribution in [0.1, 0.15) is 27.2 Å². The number of nitrogens with zero attached hydrogens (tertiary/aromatic N) is 2. The molecular weight excluding hydrogens is 313 g/mol. The summed E-state index contributed by atoms with van der Waals surface area (Å²) >= 11 is 0. The number of aromatic carboxylic acids is 1. The van der Waals surface area contributed by atoms with Crippen molar-refractivity contribution >= 4 is 5.97 Å². The Morgan fingerprint density at radius 1 is 1.29 bits per heavy atom. The minimum atomic E-state index is -1.10. The Morgan fingerprint density at radius 2 is 2.08 bits per heavy atom. The molecule has 2 aromatic heterocycles. The zero-order chi connectivity index (χ0) is 17.3. The molecule has 0 saturated heterocycles. The van der Waals surface area contributed by atoms with Crippen LogP contribution in [-0.2, 0) is 6.42 Å². The molecule has 0 aliphatic heterocycles. The smallest absolute Gasteiger partial charge is 0.335 e. The second-order valence-corrected chi connectivity index (χ2v) is 5.41. The minimum Gasteiger partial charge on any atom is -0.478 e. The Balaban J connectivity index is 1.94. The Labute approximate surface area is 136 Å². The number of hydrogen-bond donors (Lipinski definition) is 2. The predicted octanol–water partition coefficient (Wildman–Crippen LogP) is 2.30. The van der Waals surface area contributed by atoms with Crippen LogP contribution in [0.5, 0.6) is 0 Å². The van der Waals surface area contributed by atoms with Crippen LogP contribution in [0.3, 0.4) is 0 Å². The number of carboxylic acid groups (broad SMARTS) is 1. The number of rotatable bonds is 4. The summed E-state index contributed by atoms with van der Waals surface area (Å²) in [6, 6.07) is 8.55. The molecule has 2 heterocycles. The van der Waals surface area contributed by atoms with Crippen molar-refractivity contribution in [2.24, 2.45) is 0 Å². The SMILES string of the molecule is Cc1cc(F)ccc1Cc1cc(=O)n(-c2cc(C(=O)O)ccn2)[nH]1. The van der Waals surface area contributed by atoms with Crippen LogP contribution in [0, 0.1) is 12.7 Å². The summed E-state index contributed by atoms with van der Waals surface area (Å²) in [5.74, 6) is -1.21. The lowest BCUT2D eigenvalue weighted by atomic mass is 10.0. The first kappa shape index (κ1) is 15.7. The lowest BCUT2D eigenvalue weighted by Gasteiger charge is -2.05. The third kappa shape index (κ3) is 3.10. The van der Waals surface area contributed by atoms with E-state index in [2.05, 4.69) is 10.1 Å². The number of aryl methyl sites for hydroxylation is 1. The molecule has 0 atom stereocenters. The topological polar surface area (TPSA) is 88.0 Å². The highest BCUT2D eigenvalue weighted by Gasteiger charge is 2.11. The Hall–Kier alpha value is -3.22. The number of hydrogen-bond acceptors (Lipinski definition) is 3. The van der Waals surface area contributed by atoms with Gasteiger partial charge in [-0.1, -0.05) is 6.07 Å². The van der Waals surface area contributed by atoms with Crippen LogP contribution in [0.25, 0.3) is 5.82 Å². The molecule has 0 saturated carbocycles. The van der Waals surface area contributed by atoms with E-state index < -0.39 is 5.97 Å².